The van der Waals surface area contributed by atoms with Gasteiger partial charge in [-0.3, -0.25) is 0 Å². The van der Waals surface area contributed by atoms with Gasteiger partial charge < -0.3 is 4.74 Å². The quantitative estimate of drug-likeness (QED) is 0.596. The summed E-state index contributed by atoms with van der Waals surface area (Å²) in [4.78, 5) is 0. The van der Waals surface area contributed by atoms with Crippen LogP contribution < -0.4 is 0 Å². The molecule has 1 heterocycles. The third-order valence-electron chi connectivity index (χ3n) is 2.37. The molecule has 1 aliphatic heterocycles. The molecule has 2 rings (SSSR count). The van der Waals surface area contributed by atoms with Crippen LogP contribution in [0.5, 0.6) is 0 Å². The predicted octanol–water partition coefficient (Wildman–Crippen LogP) is 2.02. The lowest BCUT2D eigenvalue weighted by molar-refractivity contribution is 0.146. The fourth-order valence-corrected chi connectivity index (χ4v) is 1.65. The average molecular weight is 196 g/mol. The molecule has 0 aromatic heterocycles. The highest BCUT2D eigenvalue weighted by atomic mass is 16.5. The Kier molecular flexibility index (Phi) is 2.49. The van der Waals surface area contributed by atoms with Crippen LogP contribution in [0.1, 0.15) is 11.1 Å². The first-order valence-electron chi connectivity index (χ1n) is 4.56. The second-order valence-corrected chi connectivity index (χ2v) is 3.23. The van der Waals surface area contributed by atoms with Crippen molar-refractivity contribution < 1.29 is 4.74 Å². The van der Waals surface area contributed by atoms with E-state index in [2.05, 4.69) is 0 Å². The van der Waals surface area contributed by atoms with Crippen LogP contribution in [0.15, 0.2) is 29.8 Å². The molecule has 0 spiro atoms. The molecule has 1 aromatic carbocycles. The van der Waals surface area contributed by atoms with E-state index < -0.39 is 0 Å². The fourth-order valence-electron chi connectivity index (χ4n) is 1.65. The van der Waals surface area contributed by atoms with Gasteiger partial charge in [0, 0.05) is 5.57 Å². The lowest BCUT2D eigenvalue weighted by atomic mass is 9.95. The van der Waals surface area contributed by atoms with Crippen molar-refractivity contribution in [3.8, 4) is 12.1 Å². The lowest BCUT2D eigenvalue weighted by Crippen LogP contribution is -2.10. The van der Waals surface area contributed by atoms with Crippen molar-refractivity contribution in [1.82, 2.24) is 0 Å². The van der Waals surface area contributed by atoms with Crippen LogP contribution in [-0.4, -0.2) is 6.61 Å². The highest BCUT2D eigenvalue weighted by Gasteiger charge is 2.17. The van der Waals surface area contributed by atoms with Gasteiger partial charge in [-0.25, -0.2) is 0 Å². The van der Waals surface area contributed by atoms with Crippen LogP contribution in [-0.2, 0) is 11.3 Å². The van der Waals surface area contributed by atoms with Gasteiger partial charge >= 0.3 is 0 Å². The molecule has 1 aromatic rings. The summed E-state index contributed by atoms with van der Waals surface area (Å²) in [6.45, 7) is 0.886. The molecule has 0 N–H and O–H groups in total. The fraction of sp³-hybridized carbons (Fsp3) is 0.167. The van der Waals surface area contributed by atoms with Crippen LogP contribution in [0.4, 0.5) is 0 Å². The van der Waals surface area contributed by atoms with Crippen LogP contribution in [0.25, 0.3) is 5.57 Å². The minimum absolute atomic E-state index is 0.141. The highest BCUT2D eigenvalue weighted by Crippen LogP contribution is 2.27. The second-order valence-electron chi connectivity index (χ2n) is 3.23. The number of allylic oxidation sites excluding steroid dienone is 1. The molecule has 0 saturated heterocycles. The number of nitriles is 2. The van der Waals surface area contributed by atoms with Crippen molar-refractivity contribution in [3.05, 3.63) is 41.0 Å². The van der Waals surface area contributed by atoms with Gasteiger partial charge in [0.15, 0.2) is 0 Å². The van der Waals surface area contributed by atoms with E-state index in [0.717, 1.165) is 11.1 Å². The van der Waals surface area contributed by atoms with Crippen LogP contribution >= 0.6 is 0 Å². The minimum Gasteiger partial charge on any atom is -0.372 e. The maximum Gasteiger partial charge on any atom is 0.135 e. The monoisotopic (exact) mass is 196 g/mol. The van der Waals surface area contributed by atoms with Crippen molar-refractivity contribution in [1.29, 1.82) is 10.5 Å². The van der Waals surface area contributed by atoms with Crippen LogP contribution in [0.3, 0.4) is 0 Å². The zero-order valence-electron chi connectivity index (χ0n) is 8.03. The highest BCUT2D eigenvalue weighted by molar-refractivity contribution is 5.78. The maximum atomic E-state index is 8.82. The summed E-state index contributed by atoms with van der Waals surface area (Å²) in [6.07, 6.45) is 0. The van der Waals surface area contributed by atoms with Crippen molar-refractivity contribution in [2.75, 3.05) is 6.61 Å². The SMILES string of the molecule is N#CC(C#N)=C1COCc2ccccc21. The van der Waals surface area contributed by atoms with Gasteiger partial charge in [0.1, 0.15) is 17.7 Å². The third kappa shape index (κ3) is 1.61. The Labute approximate surface area is 87.8 Å². The van der Waals surface area contributed by atoms with E-state index in [9.17, 15) is 0 Å². The number of hydrogen-bond donors (Lipinski definition) is 0. The van der Waals surface area contributed by atoms with E-state index in [1.165, 1.54) is 0 Å². The second kappa shape index (κ2) is 3.96. The van der Waals surface area contributed by atoms with E-state index >= 15 is 0 Å². The van der Waals surface area contributed by atoms with E-state index in [1.807, 2.05) is 36.4 Å². The molecule has 0 unspecified atom stereocenters. The molecule has 0 atom stereocenters. The molecule has 0 aliphatic carbocycles. The smallest absolute Gasteiger partial charge is 0.135 e. The summed E-state index contributed by atoms with van der Waals surface area (Å²) in [5.74, 6) is 0. The van der Waals surface area contributed by atoms with Gasteiger partial charge in [-0.2, -0.15) is 10.5 Å². The summed E-state index contributed by atoms with van der Waals surface area (Å²) in [6, 6.07) is 11.5. The first-order valence-corrected chi connectivity index (χ1v) is 4.56. The van der Waals surface area contributed by atoms with Crippen LogP contribution in [0, 0.1) is 22.7 Å². The Morgan fingerprint density at radius 1 is 1.13 bits per heavy atom. The largest absolute Gasteiger partial charge is 0.372 e. The number of fused-ring (bicyclic) bond motifs is 1. The Hall–Kier alpha value is -2.10. The number of hydrogen-bond acceptors (Lipinski definition) is 3. The first-order chi connectivity index (χ1) is 7.36. The van der Waals surface area contributed by atoms with Gasteiger partial charge in [0.05, 0.1) is 13.2 Å². The predicted molar refractivity (Wildman–Crippen MR) is 54.2 cm³/mol. The standard InChI is InChI=1S/C12H8N2O/c13-5-10(6-14)12-8-15-7-9-3-1-2-4-11(9)12/h1-4H,7-8H2. The molecule has 3 nitrogen and oxygen atoms in total. The summed E-state index contributed by atoms with van der Waals surface area (Å²) < 4.78 is 5.33. The van der Waals surface area contributed by atoms with Gasteiger partial charge in [-0.05, 0) is 11.1 Å². The molecule has 0 fully saturated rings. The molecule has 1 aliphatic rings. The summed E-state index contributed by atoms with van der Waals surface area (Å²) in [7, 11) is 0. The summed E-state index contributed by atoms with van der Waals surface area (Å²) in [5.41, 5.74) is 2.83. The molecule has 0 amide bonds. The van der Waals surface area contributed by atoms with E-state index in [4.69, 9.17) is 15.3 Å². The van der Waals surface area contributed by atoms with Crippen molar-refractivity contribution >= 4 is 5.57 Å². The van der Waals surface area contributed by atoms with Crippen molar-refractivity contribution in [2.24, 2.45) is 0 Å². The van der Waals surface area contributed by atoms with Crippen molar-refractivity contribution in [2.45, 2.75) is 6.61 Å². The molecular weight excluding hydrogens is 188 g/mol. The van der Waals surface area contributed by atoms with Crippen LogP contribution in [0.2, 0.25) is 0 Å². The Balaban J connectivity index is 2.62. The number of rotatable bonds is 0. The lowest BCUT2D eigenvalue weighted by Gasteiger charge is -2.19. The van der Waals surface area contributed by atoms with Gasteiger partial charge in [0.2, 0.25) is 0 Å². The molecule has 0 saturated carbocycles. The van der Waals surface area contributed by atoms with Gasteiger partial charge in [0.25, 0.3) is 0 Å². The molecule has 0 radical (unpaired) electrons. The van der Waals surface area contributed by atoms with Crippen molar-refractivity contribution in [3.63, 3.8) is 0 Å². The molecule has 15 heavy (non-hydrogen) atoms. The Morgan fingerprint density at radius 3 is 2.60 bits per heavy atom. The molecule has 0 bridgehead atoms. The Morgan fingerprint density at radius 2 is 1.87 bits per heavy atom. The van der Waals surface area contributed by atoms with E-state index in [1.54, 1.807) is 0 Å². The zero-order chi connectivity index (χ0) is 10.7. The van der Waals surface area contributed by atoms with E-state index in [0.29, 0.717) is 18.8 Å². The maximum absolute atomic E-state index is 8.82. The molecule has 72 valence electrons. The summed E-state index contributed by atoms with van der Waals surface area (Å²) >= 11 is 0. The number of benzene rings is 1. The zero-order valence-corrected chi connectivity index (χ0v) is 8.03. The molecular formula is C12H8N2O. The topological polar surface area (TPSA) is 56.8 Å². The normalized spacial score (nSPS) is 13.6. The van der Waals surface area contributed by atoms with E-state index in [-0.39, 0.29) is 5.57 Å². The number of ether oxygens (including phenoxy) is 1. The summed E-state index contributed by atoms with van der Waals surface area (Å²) in [5, 5.41) is 17.6. The number of nitrogens with zero attached hydrogens (tertiary/aromatic N) is 2. The third-order valence-corrected chi connectivity index (χ3v) is 2.37. The average Bonchev–Trinajstić information content (AvgIpc) is 2.31. The van der Waals surface area contributed by atoms with Gasteiger partial charge in [-0.1, -0.05) is 24.3 Å². The minimum atomic E-state index is 0.141. The Bertz CT molecular complexity index is 487. The van der Waals surface area contributed by atoms with Gasteiger partial charge in [-0.15, -0.1) is 0 Å². The molecule has 3 heteroatoms. The first kappa shape index (κ1) is 9.45.